The van der Waals surface area contributed by atoms with E-state index in [0.717, 1.165) is 0 Å². The van der Waals surface area contributed by atoms with Gasteiger partial charge in [-0.2, -0.15) is 0 Å². The molecule has 7 heteroatoms. The third-order valence-electron chi connectivity index (χ3n) is 3.67. The number of ether oxygens (including phenoxy) is 1. The second kappa shape index (κ2) is 9.19. The molecule has 2 rings (SSSR count). The van der Waals surface area contributed by atoms with Gasteiger partial charge in [-0.05, 0) is 42.8 Å². The Hall–Kier alpha value is -3.61. The van der Waals surface area contributed by atoms with Crippen molar-refractivity contribution in [2.45, 2.75) is 13.0 Å². The molecule has 0 saturated heterocycles. The van der Waals surface area contributed by atoms with E-state index in [-0.39, 0.29) is 5.70 Å². The number of hydrogen-bond donors (Lipinski definition) is 3. The van der Waals surface area contributed by atoms with Crippen molar-refractivity contribution in [1.82, 2.24) is 10.6 Å². The lowest BCUT2D eigenvalue weighted by atomic mass is 10.1. The van der Waals surface area contributed by atoms with Crippen LogP contribution in [0.5, 0.6) is 5.75 Å². The van der Waals surface area contributed by atoms with Crippen LogP contribution in [0.2, 0.25) is 0 Å². The number of aliphatic carboxylic acids is 1. The monoisotopic (exact) mass is 368 g/mol. The number of carboxylic acids is 1. The number of nitrogens with one attached hydrogen (secondary N) is 2. The van der Waals surface area contributed by atoms with Crippen LogP contribution in [0.4, 0.5) is 0 Å². The van der Waals surface area contributed by atoms with Crippen LogP contribution in [-0.2, 0) is 9.59 Å². The molecule has 0 saturated carbocycles. The van der Waals surface area contributed by atoms with Gasteiger partial charge in [-0.1, -0.05) is 30.3 Å². The predicted octanol–water partition coefficient (Wildman–Crippen LogP) is 2.06. The topological polar surface area (TPSA) is 105 Å². The first-order chi connectivity index (χ1) is 12.9. The number of carboxylic acid groups (broad SMARTS) is 1. The predicted molar refractivity (Wildman–Crippen MR) is 100 cm³/mol. The zero-order valence-corrected chi connectivity index (χ0v) is 14.9. The van der Waals surface area contributed by atoms with Gasteiger partial charge in [-0.3, -0.25) is 14.4 Å². The number of methoxy groups -OCH3 is 1. The Balaban J connectivity index is 2.25. The fourth-order valence-corrected chi connectivity index (χ4v) is 2.15. The van der Waals surface area contributed by atoms with E-state index in [0.29, 0.717) is 16.9 Å². The Bertz CT molecular complexity index is 844. The van der Waals surface area contributed by atoms with E-state index >= 15 is 0 Å². The van der Waals surface area contributed by atoms with E-state index in [9.17, 15) is 14.4 Å². The Morgan fingerprint density at radius 3 is 2.22 bits per heavy atom. The third-order valence-corrected chi connectivity index (χ3v) is 3.67. The number of rotatable bonds is 7. The van der Waals surface area contributed by atoms with Gasteiger partial charge in [0.1, 0.15) is 17.5 Å². The van der Waals surface area contributed by atoms with E-state index in [1.165, 1.54) is 20.1 Å². The number of carbonyl (C=O) groups excluding carboxylic acids is 2. The van der Waals surface area contributed by atoms with Crippen LogP contribution < -0.4 is 15.4 Å². The maximum Gasteiger partial charge on any atom is 0.325 e. The van der Waals surface area contributed by atoms with Gasteiger partial charge in [0.05, 0.1) is 7.11 Å². The second-order valence-corrected chi connectivity index (χ2v) is 5.68. The van der Waals surface area contributed by atoms with Crippen molar-refractivity contribution in [1.29, 1.82) is 0 Å². The van der Waals surface area contributed by atoms with Gasteiger partial charge in [-0.15, -0.1) is 0 Å². The zero-order chi connectivity index (χ0) is 19.8. The lowest BCUT2D eigenvalue weighted by Gasteiger charge is -2.13. The van der Waals surface area contributed by atoms with Crippen molar-refractivity contribution in [3.63, 3.8) is 0 Å². The number of carbonyl (C=O) groups is 3. The van der Waals surface area contributed by atoms with E-state index in [2.05, 4.69) is 10.6 Å². The molecule has 3 N–H and O–H groups in total. The molecule has 0 fully saturated rings. The molecule has 1 atom stereocenters. The summed E-state index contributed by atoms with van der Waals surface area (Å²) in [6.07, 6.45) is 1.48. The van der Waals surface area contributed by atoms with Crippen molar-refractivity contribution in [2.75, 3.05) is 7.11 Å². The summed E-state index contributed by atoms with van der Waals surface area (Å²) in [7, 11) is 1.52. The van der Waals surface area contributed by atoms with Gasteiger partial charge in [0.2, 0.25) is 0 Å². The molecule has 27 heavy (non-hydrogen) atoms. The van der Waals surface area contributed by atoms with E-state index in [1.807, 2.05) is 6.07 Å². The van der Waals surface area contributed by atoms with E-state index in [1.54, 1.807) is 48.5 Å². The number of amides is 2. The van der Waals surface area contributed by atoms with E-state index < -0.39 is 23.8 Å². The van der Waals surface area contributed by atoms with Gasteiger partial charge in [0.15, 0.2) is 0 Å². The first kappa shape index (κ1) is 19.7. The lowest BCUT2D eigenvalue weighted by Crippen LogP contribution is -2.42. The Kier molecular flexibility index (Phi) is 6.71. The largest absolute Gasteiger partial charge is 0.497 e. The molecular weight excluding hydrogens is 348 g/mol. The molecule has 0 spiro atoms. The van der Waals surface area contributed by atoms with Gasteiger partial charge in [-0.25, -0.2) is 0 Å². The highest BCUT2D eigenvalue weighted by atomic mass is 16.5. The first-order valence-corrected chi connectivity index (χ1v) is 8.16. The molecule has 0 aromatic heterocycles. The van der Waals surface area contributed by atoms with Crippen LogP contribution in [0.15, 0.2) is 60.3 Å². The zero-order valence-electron chi connectivity index (χ0n) is 14.9. The highest BCUT2D eigenvalue weighted by molar-refractivity contribution is 6.06. The van der Waals surface area contributed by atoms with Gasteiger partial charge >= 0.3 is 5.97 Å². The van der Waals surface area contributed by atoms with Gasteiger partial charge in [0.25, 0.3) is 11.8 Å². The smallest absolute Gasteiger partial charge is 0.325 e. The summed E-state index contributed by atoms with van der Waals surface area (Å²) < 4.78 is 5.05. The summed E-state index contributed by atoms with van der Waals surface area (Å²) in [6.45, 7) is 1.34. The maximum atomic E-state index is 12.5. The highest BCUT2D eigenvalue weighted by Crippen LogP contribution is 2.12. The average Bonchev–Trinajstić information content (AvgIpc) is 2.68. The molecule has 0 radical (unpaired) electrons. The Morgan fingerprint density at radius 2 is 1.67 bits per heavy atom. The molecule has 140 valence electrons. The molecule has 0 heterocycles. The maximum absolute atomic E-state index is 12.5. The number of hydrogen-bond acceptors (Lipinski definition) is 4. The van der Waals surface area contributed by atoms with Crippen LogP contribution in [0.1, 0.15) is 22.8 Å². The Morgan fingerprint density at radius 1 is 1.04 bits per heavy atom. The fourth-order valence-electron chi connectivity index (χ4n) is 2.15. The normalized spacial score (nSPS) is 12.0. The minimum absolute atomic E-state index is 0.0601. The fraction of sp³-hybridized carbons (Fsp3) is 0.150. The molecule has 7 nitrogen and oxygen atoms in total. The minimum atomic E-state index is -1.18. The first-order valence-electron chi connectivity index (χ1n) is 8.16. The molecule has 0 aliphatic heterocycles. The average molecular weight is 368 g/mol. The summed E-state index contributed by atoms with van der Waals surface area (Å²) in [5.41, 5.74) is 0.949. The van der Waals surface area contributed by atoms with Crippen LogP contribution in [0.25, 0.3) is 6.08 Å². The molecular formula is C20H20N2O5. The van der Waals surface area contributed by atoms with Crippen molar-refractivity contribution < 1.29 is 24.2 Å². The lowest BCUT2D eigenvalue weighted by molar-refractivity contribution is -0.140. The SMILES string of the molecule is COc1ccc(C(=O)NC(=Cc2ccccc2)C(=O)NC(C)C(=O)O)cc1. The highest BCUT2D eigenvalue weighted by Gasteiger charge is 2.19. The van der Waals surface area contributed by atoms with Crippen LogP contribution in [0.3, 0.4) is 0 Å². The Labute approximate surface area is 156 Å². The second-order valence-electron chi connectivity index (χ2n) is 5.68. The summed E-state index contributed by atoms with van der Waals surface area (Å²) in [6, 6.07) is 14.2. The summed E-state index contributed by atoms with van der Waals surface area (Å²) in [4.78, 5) is 35.9. The summed E-state index contributed by atoms with van der Waals surface area (Å²) in [5, 5.41) is 13.9. The third kappa shape index (κ3) is 5.71. The van der Waals surface area contributed by atoms with Gasteiger partial charge in [0, 0.05) is 5.56 Å². The molecule has 2 aromatic rings. The van der Waals surface area contributed by atoms with Crippen molar-refractivity contribution in [2.24, 2.45) is 0 Å². The van der Waals surface area contributed by atoms with Crippen LogP contribution in [-0.4, -0.2) is 36.0 Å². The van der Waals surface area contributed by atoms with Crippen molar-refractivity contribution in [3.8, 4) is 5.75 Å². The van der Waals surface area contributed by atoms with Crippen molar-refractivity contribution in [3.05, 3.63) is 71.4 Å². The van der Waals surface area contributed by atoms with E-state index in [4.69, 9.17) is 9.84 Å². The minimum Gasteiger partial charge on any atom is -0.497 e. The molecule has 0 aliphatic rings. The van der Waals surface area contributed by atoms with Crippen LogP contribution in [0, 0.1) is 0 Å². The molecule has 2 amide bonds. The van der Waals surface area contributed by atoms with Crippen molar-refractivity contribution >= 4 is 23.9 Å². The van der Waals surface area contributed by atoms with Crippen LogP contribution >= 0.6 is 0 Å². The molecule has 2 aromatic carbocycles. The number of benzene rings is 2. The standard InChI is InChI=1S/C20H20N2O5/c1-13(20(25)26)21-19(24)17(12-14-6-4-3-5-7-14)22-18(23)15-8-10-16(27-2)11-9-15/h3-13H,1-2H3,(H,21,24)(H,22,23)(H,25,26). The summed E-state index contributed by atoms with van der Waals surface area (Å²) >= 11 is 0. The molecule has 0 aliphatic carbocycles. The quantitative estimate of drug-likeness (QED) is 0.649. The molecule has 1 unspecified atom stereocenters. The van der Waals surface area contributed by atoms with Gasteiger partial charge < -0.3 is 20.5 Å². The molecule has 0 bridgehead atoms. The summed E-state index contributed by atoms with van der Waals surface area (Å²) in [5.74, 6) is -1.78.